The number of aromatic nitrogens is 1. The van der Waals surface area contributed by atoms with Gasteiger partial charge in [0.25, 0.3) is 0 Å². The van der Waals surface area contributed by atoms with Crippen LogP contribution in [0.5, 0.6) is 0 Å². The zero-order valence-electron chi connectivity index (χ0n) is 10.2. The van der Waals surface area contributed by atoms with E-state index >= 15 is 0 Å². The van der Waals surface area contributed by atoms with Gasteiger partial charge >= 0.3 is 0 Å². The van der Waals surface area contributed by atoms with Gasteiger partial charge in [0, 0.05) is 42.9 Å². The van der Waals surface area contributed by atoms with Crippen molar-refractivity contribution in [1.82, 2.24) is 4.98 Å². The zero-order valence-corrected chi connectivity index (χ0v) is 10.2. The highest BCUT2D eigenvalue weighted by Gasteiger charge is 2.07. The summed E-state index contributed by atoms with van der Waals surface area (Å²) in [6.45, 7) is 2.58. The number of pyridine rings is 1. The first-order valence-electron chi connectivity index (χ1n) is 5.65. The van der Waals surface area contributed by atoms with Crippen LogP contribution in [-0.2, 0) is 6.54 Å². The van der Waals surface area contributed by atoms with Crippen molar-refractivity contribution in [3.8, 4) is 0 Å². The summed E-state index contributed by atoms with van der Waals surface area (Å²) in [4.78, 5) is 6.23. The molecule has 3 nitrogen and oxygen atoms in total. The molecule has 0 radical (unpaired) electrons. The van der Waals surface area contributed by atoms with Crippen molar-refractivity contribution in [2.75, 3.05) is 11.9 Å². The summed E-state index contributed by atoms with van der Waals surface area (Å²) in [6.07, 6.45) is 3.61. The number of hydrogen-bond acceptors (Lipinski definition) is 3. The molecule has 0 spiro atoms. The number of anilines is 2. The number of hydrogen-bond donors (Lipinski definition) is 1. The van der Waals surface area contributed by atoms with E-state index in [-0.39, 0.29) is 0 Å². The Labute approximate surface area is 102 Å². The van der Waals surface area contributed by atoms with E-state index in [9.17, 15) is 0 Å². The molecule has 2 N–H and O–H groups in total. The smallest absolute Gasteiger partial charge is 0.0484 e. The Hall–Kier alpha value is -1.87. The zero-order chi connectivity index (χ0) is 12.3. The maximum Gasteiger partial charge on any atom is 0.0484 e. The fourth-order valence-electron chi connectivity index (χ4n) is 1.81. The number of nitrogens with two attached hydrogens (primary N) is 1. The molecule has 0 saturated heterocycles. The predicted octanol–water partition coefficient (Wildman–Crippen LogP) is 2.62. The molecule has 0 amide bonds. The van der Waals surface area contributed by atoms with Crippen LogP contribution in [0.1, 0.15) is 11.1 Å². The van der Waals surface area contributed by atoms with E-state index in [2.05, 4.69) is 41.1 Å². The summed E-state index contributed by atoms with van der Waals surface area (Å²) in [6, 6.07) is 10.4. The van der Waals surface area contributed by atoms with Crippen LogP contribution < -0.4 is 10.6 Å². The van der Waals surface area contributed by atoms with Crippen molar-refractivity contribution in [1.29, 1.82) is 0 Å². The second-order valence-electron chi connectivity index (χ2n) is 4.10. The molecule has 0 aliphatic rings. The van der Waals surface area contributed by atoms with Crippen molar-refractivity contribution in [2.24, 2.45) is 5.73 Å². The van der Waals surface area contributed by atoms with Gasteiger partial charge in [-0.15, -0.1) is 0 Å². The number of aryl methyl sites for hydroxylation is 1. The quantitative estimate of drug-likeness (QED) is 0.876. The van der Waals surface area contributed by atoms with Crippen LogP contribution >= 0.6 is 0 Å². The standard InChI is InChI=1S/C14H17N3/c1-11-3-5-13(6-4-11)17(2)14-7-8-16-10-12(14)9-15/h3-8,10H,9,15H2,1-2H3. The minimum Gasteiger partial charge on any atom is -0.344 e. The number of nitrogens with zero attached hydrogens (tertiary/aromatic N) is 2. The van der Waals surface area contributed by atoms with Gasteiger partial charge in [-0.25, -0.2) is 0 Å². The fourth-order valence-corrected chi connectivity index (χ4v) is 1.81. The molecule has 88 valence electrons. The Morgan fingerprint density at radius 1 is 1.18 bits per heavy atom. The van der Waals surface area contributed by atoms with Crippen LogP contribution in [0.25, 0.3) is 0 Å². The summed E-state index contributed by atoms with van der Waals surface area (Å²) in [7, 11) is 2.04. The third-order valence-electron chi connectivity index (χ3n) is 2.88. The van der Waals surface area contributed by atoms with Crippen LogP contribution in [-0.4, -0.2) is 12.0 Å². The van der Waals surface area contributed by atoms with Crippen LogP contribution in [0.4, 0.5) is 11.4 Å². The van der Waals surface area contributed by atoms with Gasteiger partial charge in [-0.05, 0) is 25.1 Å². The van der Waals surface area contributed by atoms with Crippen molar-refractivity contribution in [2.45, 2.75) is 13.5 Å². The molecular weight excluding hydrogens is 210 g/mol. The molecule has 0 aliphatic heterocycles. The van der Waals surface area contributed by atoms with Gasteiger partial charge in [-0.3, -0.25) is 4.98 Å². The molecule has 0 fully saturated rings. The van der Waals surface area contributed by atoms with Crippen molar-refractivity contribution in [3.63, 3.8) is 0 Å². The first-order valence-corrected chi connectivity index (χ1v) is 5.65. The van der Waals surface area contributed by atoms with Gasteiger partial charge in [0.05, 0.1) is 0 Å². The number of rotatable bonds is 3. The summed E-state index contributed by atoms with van der Waals surface area (Å²) >= 11 is 0. The Balaban J connectivity index is 2.36. The average molecular weight is 227 g/mol. The lowest BCUT2D eigenvalue weighted by Gasteiger charge is -2.22. The normalized spacial score (nSPS) is 10.3. The monoisotopic (exact) mass is 227 g/mol. The molecule has 0 bridgehead atoms. The lowest BCUT2D eigenvalue weighted by molar-refractivity contribution is 1.02. The third-order valence-corrected chi connectivity index (χ3v) is 2.88. The van der Waals surface area contributed by atoms with E-state index in [1.807, 2.05) is 19.3 Å². The van der Waals surface area contributed by atoms with Crippen molar-refractivity contribution >= 4 is 11.4 Å². The van der Waals surface area contributed by atoms with Gasteiger partial charge in [0.2, 0.25) is 0 Å². The van der Waals surface area contributed by atoms with Crippen LogP contribution in [0.3, 0.4) is 0 Å². The van der Waals surface area contributed by atoms with E-state index in [0.29, 0.717) is 6.54 Å². The van der Waals surface area contributed by atoms with Gasteiger partial charge < -0.3 is 10.6 Å². The highest BCUT2D eigenvalue weighted by atomic mass is 15.1. The lowest BCUT2D eigenvalue weighted by atomic mass is 10.1. The van der Waals surface area contributed by atoms with Crippen molar-refractivity contribution < 1.29 is 0 Å². The van der Waals surface area contributed by atoms with Gasteiger partial charge in [-0.1, -0.05) is 17.7 Å². The van der Waals surface area contributed by atoms with E-state index in [4.69, 9.17) is 5.73 Å². The molecule has 2 rings (SSSR count). The van der Waals surface area contributed by atoms with Gasteiger partial charge in [-0.2, -0.15) is 0 Å². The molecule has 2 aromatic rings. The maximum atomic E-state index is 5.72. The summed E-state index contributed by atoms with van der Waals surface area (Å²) in [5.74, 6) is 0. The SMILES string of the molecule is Cc1ccc(N(C)c2ccncc2CN)cc1. The topological polar surface area (TPSA) is 42.2 Å². The molecule has 0 unspecified atom stereocenters. The van der Waals surface area contributed by atoms with E-state index in [1.165, 1.54) is 5.56 Å². The van der Waals surface area contributed by atoms with Gasteiger partial charge in [0.15, 0.2) is 0 Å². The molecule has 0 aliphatic carbocycles. The molecule has 3 heteroatoms. The summed E-state index contributed by atoms with van der Waals surface area (Å²) in [5, 5.41) is 0. The third kappa shape index (κ3) is 2.45. The van der Waals surface area contributed by atoms with E-state index in [1.54, 1.807) is 6.20 Å². The molecular formula is C14H17N3. The summed E-state index contributed by atoms with van der Waals surface area (Å²) in [5.41, 5.74) is 10.3. The largest absolute Gasteiger partial charge is 0.344 e. The molecule has 1 heterocycles. The molecule has 0 saturated carbocycles. The molecule has 17 heavy (non-hydrogen) atoms. The predicted molar refractivity (Wildman–Crippen MR) is 71.4 cm³/mol. The second kappa shape index (κ2) is 4.97. The molecule has 0 atom stereocenters. The first kappa shape index (κ1) is 11.6. The van der Waals surface area contributed by atoms with Crippen LogP contribution in [0.2, 0.25) is 0 Å². The Morgan fingerprint density at radius 2 is 1.88 bits per heavy atom. The van der Waals surface area contributed by atoms with Crippen molar-refractivity contribution in [3.05, 3.63) is 53.9 Å². The molecule has 1 aromatic carbocycles. The van der Waals surface area contributed by atoms with E-state index in [0.717, 1.165) is 16.9 Å². The Kier molecular flexibility index (Phi) is 3.40. The fraction of sp³-hybridized carbons (Fsp3) is 0.214. The highest BCUT2D eigenvalue weighted by molar-refractivity contribution is 5.65. The van der Waals surface area contributed by atoms with E-state index < -0.39 is 0 Å². The minimum atomic E-state index is 0.499. The average Bonchev–Trinajstić information content (AvgIpc) is 2.39. The lowest BCUT2D eigenvalue weighted by Crippen LogP contribution is -2.13. The first-order chi connectivity index (χ1) is 8.22. The highest BCUT2D eigenvalue weighted by Crippen LogP contribution is 2.26. The Bertz CT molecular complexity index is 491. The van der Waals surface area contributed by atoms with Crippen LogP contribution in [0.15, 0.2) is 42.7 Å². The Morgan fingerprint density at radius 3 is 2.53 bits per heavy atom. The molecule has 1 aromatic heterocycles. The van der Waals surface area contributed by atoms with Gasteiger partial charge in [0.1, 0.15) is 0 Å². The van der Waals surface area contributed by atoms with Crippen LogP contribution in [0, 0.1) is 6.92 Å². The maximum absolute atomic E-state index is 5.72. The minimum absolute atomic E-state index is 0.499. The summed E-state index contributed by atoms with van der Waals surface area (Å²) < 4.78 is 0. The second-order valence-corrected chi connectivity index (χ2v) is 4.10. The number of benzene rings is 1.